The molecule has 2 atom stereocenters. The molecule has 1 saturated heterocycles. The van der Waals surface area contributed by atoms with E-state index in [0.29, 0.717) is 12.4 Å². The maximum atomic E-state index is 12.4. The van der Waals surface area contributed by atoms with E-state index >= 15 is 0 Å². The molecule has 3 nitrogen and oxygen atoms in total. The first-order chi connectivity index (χ1) is 9.99. The number of nitrogens with one attached hydrogen (secondary N) is 1. The van der Waals surface area contributed by atoms with Gasteiger partial charge in [-0.2, -0.15) is 13.2 Å². The Labute approximate surface area is 122 Å². The quantitative estimate of drug-likeness (QED) is 0.875. The fourth-order valence-corrected chi connectivity index (χ4v) is 2.29. The molecule has 0 amide bonds. The summed E-state index contributed by atoms with van der Waals surface area (Å²) in [6.45, 7) is 4.15. The van der Waals surface area contributed by atoms with Crippen LogP contribution in [-0.2, 0) is 10.9 Å². The molecule has 21 heavy (non-hydrogen) atoms. The normalized spacial score (nSPS) is 22.5. The van der Waals surface area contributed by atoms with Gasteiger partial charge in [0, 0.05) is 6.54 Å². The van der Waals surface area contributed by atoms with E-state index in [9.17, 15) is 13.2 Å². The molecule has 1 aliphatic heterocycles. The Kier molecular flexibility index (Phi) is 5.47. The van der Waals surface area contributed by atoms with Crippen molar-refractivity contribution in [2.24, 2.45) is 0 Å². The first kappa shape index (κ1) is 16.1. The number of likely N-dealkylation sites (N-methyl/N-ethyl adjacent to an activating group) is 1. The third-order valence-corrected chi connectivity index (χ3v) is 3.44. The fraction of sp³-hybridized carbons (Fsp3) is 0.600. The minimum absolute atomic E-state index is 0.0101. The van der Waals surface area contributed by atoms with Gasteiger partial charge < -0.3 is 14.8 Å². The van der Waals surface area contributed by atoms with Crippen molar-refractivity contribution in [2.45, 2.75) is 38.1 Å². The van der Waals surface area contributed by atoms with Crippen molar-refractivity contribution in [1.29, 1.82) is 0 Å². The van der Waals surface area contributed by atoms with Crippen LogP contribution in [0.15, 0.2) is 24.3 Å². The van der Waals surface area contributed by atoms with Gasteiger partial charge in [-0.3, -0.25) is 0 Å². The lowest BCUT2D eigenvalue weighted by Crippen LogP contribution is -2.28. The molecule has 0 saturated carbocycles. The van der Waals surface area contributed by atoms with Crippen LogP contribution in [-0.4, -0.2) is 31.9 Å². The lowest BCUT2D eigenvalue weighted by Gasteiger charge is -2.15. The maximum absolute atomic E-state index is 12.4. The summed E-state index contributed by atoms with van der Waals surface area (Å²) < 4.78 is 48.6. The van der Waals surface area contributed by atoms with Crippen molar-refractivity contribution in [1.82, 2.24) is 5.32 Å². The van der Waals surface area contributed by atoms with E-state index in [0.717, 1.165) is 38.1 Å². The van der Waals surface area contributed by atoms with Gasteiger partial charge >= 0.3 is 6.18 Å². The van der Waals surface area contributed by atoms with Crippen LogP contribution in [0.5, 0.6) is 5.75 Å². The summed E-state index contributed by atoms with van der Waals surface area (Å²) in [5.74, 6) is 0.432. The van der Waals surface area contributed by atoms with E-state index in [2.05, 4.69) is 5.32 Å². The predicted octanol–water partition coefficient (Wildman–Crippen LogP) is 3.24. The molecule has 1 fully saturated rings. The van der Waals surface area contributed by atoms with Gasteiger partial charge in [-0.15, -0.1) is 0 Å². The van der Waals surface area contributed by atoms with Crippen LogP contribution in [0.3, 0.4) is 0 Å². The molecule has 118 valence electrons. The van der Waals surface area contributed by atoms with Crippen LogP contribution in [0.4, 0.5) is 13.2 Å². The van der Waals surface area contributed by atoms with Crippen LogP contribution in [0.1, 0.15) is 25.3 Å². The van der Waals surface area contributed by atoms with E-state index in [4.69, 9.17) is 9.47 Å². The Morgan fingerprint density at radius 1 is 1.19 bits per heavy atom. The van der Waals surface area contributed by atoms with E-state index in [-0.39, 0.29) is 12.2 Å². The minimum Gasteiger partial charge on any atom is -0.491 e. The number of ether oxygens (including phenoxy) is 2. The second-order valence-electron chi connectivity index (χ2n) is 5.10. The van der Waals surface area contributed by atoms with Crippen molar-refractivity contribution in [3.05, 3.63) is 29.8 Å². The molecule has 2 unspecified atom stereocenters. The lowest BCUT2D eigenvalue weighted by atomic mass is 10.2. The molecular formula is C15H20F3NO2. The van der Waals surface area contributed by atoms with Gasteiger partial charge in [0.2, 0.25) is 0 Å². The molecule has 0 aliphatic carbocycles. The lowest BCUT2D eigenvalue weighted by molar-refractivity contribution is -0.137. The molecule has 1 aliphatic rings. The van der Waals surface area contributed by atoms with Crippen molar-refractivity contribution in [2.75, 3.05) is 19.7 Å². The fourth-order valence-electron chi connectivity index (χ4n) is 2.29. The molecule has 0 spiro atoms. The van der Waals surface area contributed by atoms with Crippen LogP contribution in [0.25, 0.3) is 0 Å². The molecular weight excluding hydrogens is 283 g/mol. The van der Waals surface area contributed by atoms with Gasteiger partial charge in [0.1, 0.15) is 12.4 Å². The minimum atomic E-state index is -4.31. The second-order valence-corrected chi connectivity index (χ2v) is 5.10. The van der Waals surface area contributed by atoms with Gasteiger partial charge in [0.15, 0.2) is 0 Å². The molecule has 1 aromatic carbocycles. The van der Waals surface area contributed by atoms with Crippen LogP contribution < -0.4 is 10.1 Å². The molecule has 0 radical (unpaired) electrons. The highest BCUT2D eigenvalue weighted by Gasteiger charge is 2.30. The van der Waals surface area contributed by atoms with E-state index in [1.165, 1.54) is 12.1 Å². The molecule has 2 rings (SSSR count). The molecule has 1 heterocycles. The van der Waals surface area contributed by atoms with Crippen molar-refractivity contribution >= 4 is 0 Å². The first-order valence-electron chi connectivity index (χ1n) is 7.15. The zero-order valence-electron chi connectivity index (χ0n) is 12.0. The Morgan fingerprint density at radius 2 is 1.86 bits per heavy atom. The van der Waals surface area contributed by atoms with Gasteiger partial charge in [-0.25, -0.2) is 0 Å². The highest BCUT2D eigenvalue weighted by atomic mass is 19.4. The highest BCUT2D eigenvalue weighted by Crippen LogP contribution is 2.30. The Hall–Kier alpha value is -1.27. The SMILES string of the molecule is CCNCC1CCC(COc2ccc(C(F)(F)F)cc2)O1. The largest absolute Gasteiger partial charge is 0.491 e. The average Bonchev–Trinajstić information content (AvgIpc) is 2.90. The Balaban J connectivity index is 1.76. The molecule has 6 heteroatoms. The number of alkyl halides is 3. The Bertz CT molecular complexity index is 434. The summed E-state index contributed by atoms with van der Waals surface area (Å²) >= 11 is 0. The zero-order chi connectivity index (χ0) is 15.3. The predicted molar refractivity (Wildman–Crippen MR) is 73.4 cm³/mol. The van der Waals surface area contributed by atoms with Gasteiger partial charge in [0.05, 0.1) is 17.8 Å². The number of halogens is 3. The number of hydrogen-bond donors (Lipinski definition) is 1. The van der Waals surface area contributed by atoms with Gasteiger partial charge in [-0.1, -0.05) is 6.92 Å². The summed E-state index contributed by atoms with van der Waals surface area (Å²) in [4.78, 5) is 0. The molecule has 0 bridgehead atoms. The third-order valence-electron chi connectivity index (χ3n) is 3.44. The summed E-state index contributed by atoms with van der Waals surface area (Å²) in [7, 11) is 0. The van der Waals surface area contributed by atoms with E-state index < -0.39 is 11.7 Å². The van der Waals surface area contributed by atoms with E-state index in [1.54, 1.807) is 0 Å². The van der Waals surface area contributed by atoms with Crippen molar-refractivity contribution < 1.29 is 22.6 Å². The summed E-state index contributed by atoms with van der Waals surface area (Å²) in [6, 6.07) is 4.74. The first-order valence-corrected chi connectivity index (χ1v) is 7.15. The second kappa shape index (κ2) is 7.13. The monoisotopic (exact) mass is 303 g/mol. The molecule has 0 aromatic heterocycles. The maximum Gasteiger partial charge on any atom is 0.416 e. The zero-order valence-corrected chi connectivity index (χ0v) is 12.0. The van der Waals surface area contributed by atoms with Crippen molar-refractivity contribution in [3.63, 3.8) is 0 Å². The van der Waals surface area contributed by atoms with Gasteiger partial charge in [-0.05, 0) is 43.7 Å². The summed E-state index contributed by atoms with van der Waals surface area (Å²) in [5.41, 5.74) is -0.669. The van der Waals surface area contributed by atoms with Crippen LogP contribution >= 0.6 is 0 Å². The number of rotatable bonds is 6. The third kappa shape index (κ3) is 4.89. The molecule has 1 N–H and O–H groups in total. The van der Waals surface area contributed by atoms with Crippen LogP contribution in [0, 0.1) is 0 Å². The smallest absolute Gasteiger partial charge is 0.416 e. The average molecular weight is 303 g/mol. The highest BCUT2D eigenvalue weighted by molar-refractivity contribution is 5.28. The summed E-state index contributed by atoms with van der Waals surface area (Å²) in [5, 5.41) is 3.23. The Morgan fingerprint density at radius 3 is 2.48 bits per heavy atom. The van der Waals surface area contributed by atoms with E-state index in [1.807, 2.05) is 6.92 Å². The van der Waals surface area contributed by atoms with Gasteiger partial charge in [0.25, 0.3) is 0 Å². The number of hydrogen-bond acceptors (Lipinski definition) is 3. The molecule has 1 aromatic rings. The van der Waals surface area contributed by atoms with Crippen LogP contribution in [0.2, 0.25) is 0 Å². The van der Waals surface area contributed by atoms with Crippen molar-refractivity contribution in [3.8, 4) is 5.75 Å². The summed E-state index contributed by atoms with van der Waals surface area (Å²) in [6.07, 6.45) is -2.21. The topological polar surface area (TPSA) is 30.5 Å². The number of benzene rings is 1. The standard InChI is InChI=1S/C15H20F3NO2/c1-2-19-9-13-7-8-14(21-13)10-20-12-5-3-11(4-6-12)15(16,17)18/h3-6,13-14,19H,2,7-10H2,1H3.